The van der Waals surface area contributed by atoms with Crippen LogP contribution in [0.5, 0.6) is 0 Å². The van der Waals surface area contributed by atoms with Crippen LogP contribution in [0.1, 0.15) is 22.8 Å². The number of fused-ring (bicyclic) bond motifs is 8. The molecule has 14 nitrogen and oxygen atoms in total. The van der Waals surface area contributed by atoms with E-state index in [2.05, 4.69) is 19.9 Å². The molecule has 4 aliphatic rings. The predicted molar refractivity (Wildman–Crippen MR) is 279 cm³/mol. The number of nitrogens with one attached hydrogen (secondary N) is 2. The maximum atomic E-state index is 17.2. The van der Waals surface area contributed by atoms with Gasteiger partial charge in [-0.2, -0.15) is 0 Å². The quantitative estimate of drug-likeness (QED) is 0.0349. The zero-order valence-electron chi connectivity index (χ0n) is 43.7. The number of hydrogen-bond donors (Lipinski definition) is 10. The summed E-state index contributed by atoms with van der Waals surface area (Å²) in [6.45, 7) is -2.21. The number of ether oxygens (including phenoxy) is 2. The molecular formula is C56H32F18N4O10S2. The number of H-pyrrole nitrogens is 2. The van der Waals surface area contributed by atoms with E-state index in [1.807, 2.05) is 0 Å². The second-order valence-electron chi connectivity index (χ2n) is 19.9. The van der Waals surface area contributed by atoms with Crippen molar-refractivity contribution in [1.29, 1.82) is 0 Å². The monoisotopic (exact) mass is 1330 g/mol. The van der Waals surface area contributed by atoms with E-state index in [0.29, 0.717) is 48.6 Å². The van der Waals surface area contributed by atoms with E-state index in [1.165, 1.54) is 0 Å². The minimum absolute atomic E-state index is 0.345. The first kappa shape index (κ1) is 64.1. The molecule has 0 unspecified atom stereocenters. The Morgan fingerprint density at radius 1 is 0.311 bits per heavy atom. The molecule has 4 aliphatic heterocycles. The molecule has 34 heteroatoms. The Bertz CT molecular complexity index is 4050. The summed E-state index contributed by atoms with van der Waals surface area (Å²) in [6.07, 6.45) is -14.3. The number of aliphatic hydroxyl groups excluding tert-OH is 8. The highest BCUT2D eigenvalue weighted by Gasteiger charge is 2.47. The number of halogens is 18. The molecule has 2 fully saturated rings. The van der Waals surface area contributed by atoms with Gasteiger partial charge in [-0.25, -0.2) is 89.0 Å². The number of aromatic nitrogens is 4. The Balaban J connectivity index is 1.28. The van der Waals surface area contributed by atoms with Crippen LogP contribution in [0.25, 0.3) is 90.9 Å². The number of aromatic amines is 2. The van der Waals surface area contributed by atoms with Gasteiger partial charge in [0.25, 0.3) is 0 Å². The molecule has 8 bridgehead atoms. The van der Waals surface area contributed by atoms with Gasteiger partial charge >= 0.3 is 0 Å². The van der Waals surface area contributed by atoms with Crippen molar-refractivity contribution in [2.45, 2.75) is 69.5 Å². The number of aliphatic hydroxyl groups is 8. The number of hydrogen-bond acceptors (Lipinski definition) is 14. The third-order valence-corrected chi connectivity index (χ3v) is 17.2. The molecule has 10 N–H and O–H groups in total. The Labute approximate surface area is 496 Å². The first-order valence-electron chi connectivity index (χ1n) is 25.4. The fraction of sp³-hybridized carbons (Fsp3) is 0.214. The lowest BCUT2D eigenvalue weighted by Crippen LogP contribution is -2.57. The molecule has 10 atom stereocenters. The van der Waals surface area contributed by atoms with Crippen LogP contribution in [-0.2, 0) is 9.47 Å². The predicted octanol–water partition coefficient (Wildman–Crippen LogP) is 9.61. The van der Waals surface area contributed by atoms with E-state index < -0.39 is 277 Å². The summed E-state index contributed by atoms with van der Waals surface area (Å²) < 4.78 is 301. The van der Waals surface area contributed by atoms with Gasteiger partial charge in [0.15, 0.2) is 93.1 Å². The summed E-state index contributed by atoms with van der Waals surface area (Å²) >= 11 is -0.689. The third kappa shape index (κ3) is 10.1. The molecule has 2 saturated heterocycles. The second kappa shape index (κ2) is 24.0. The molecule has 0 amide bonds. The first-order valence-corrected chi connectivity index (χ1v) is 27.2. The van der Waals surface area contributed by atoms with Gasteiger partial charge in [-0.3, -0.25) is 0 Å². The molecular weight excluding hydrogens is 1290 g/mol. The molecule has 7 aromatic rings. The average molecular weight is 1330 g/mol. The van der Waals surface area contributed by atoms with E-state index in [0.717, 1.165) is 0 Å². The van der Waals surface area contributed by atoms with Gasteiger partial charge in [0, 0.05) is 44.3 Å². The minimum Gasteiger partial charge on any atom is -0.394 e. The lowest BCUT2D eigenvalue weighted by atomic mass is 10.0. The summed E-state index contributed by atoms with van der Waals surface area (Å²) in [5.41, 5.74) is -25.3. The number of benzene rings is 4. The zero-order chi connectivity index (χ0) is 65.3. The highest BCUT2D eigenvalue weighted by atomic mass is 32.2. The fourth-order valence-corrected chi connectivity index (χ4v) is 12.6. The topological polar surface area (TPSA) is 238 Å². The van der Waals surface area contributed by atoms with Gasteiger partial charge in [0.1, 0.15) is 59.7 Å². The van der Waals surface area contributed by atoms with Gasteiger partial charge in [-0.05, 0) is 48.6 Å². The largest absolute Gasteiger partial charge is 0.394 e. The fourth-order valence-electron chi connectivity index (χ4n) is 10.3. The Morgan fingerprint density at radius 3 is 0.767 bits per heavy atom. The van der Waals surface area contributed by atoms with Crippen LogP contribution in [0.2, 0.25) is 0 Å². The maximum absolute atomic E-state index is 17.2. The van der Waals surface area contributed by atoms with Gasteiger partial charge in [0.05, 0.1) is 68.0 Å². The summed E-state index contributed by atoms with van der Waals surface area (Å²) in [7, 11) is 0. The normalized spacial score (nSPS) is 22.6. The van der Waals surface area contributed by atoms with Crippen molar-refractivity contribution in [1.82, 2.24) is 19.9 Å². The molecule has 0 saturated carbocycles. The van der Waals surface area contributed by atoms with Crippen molar-refractivity contribution in [3.05, 3.63) is 152 Å². The standard InChI is InChI=1S/C56H32F18N4O10S2/c57-29-25(30(58)38(66)41(69)37(29)65)21-11-1-2-12(75-11)22(26-31(59)39(67)42(70)40(68)32(26)60)14-4-6-16(77-14)24(28-35(63)45(73)54(46(74)36(28)64)90-56-52(86)50(84)48(82)20(10-80)88-56)18-8-7-17(78-18)23(15-5-3-13(21)76-15)27-33(61)43(71)53(44(72)34(27)62)89-55-51(85)49(83)47(81)19(9-79)87-55/h1-8,19-20,47-52,55-56,76-77,79-86H,9-10H2/t19-,20-,47-,48-,49+,50+,51-,52-,55+,56+/m1/s1. The highest BCUT2D eigenvalue weighted by Crippen LogP contribution is 2.48. The Kier molecular flexibility index (Phi) is 17.1. The van der Waals surface area contributed by atoms with E-state index in [1.54, 1.807) is 0 Å². The summed E-state index contributed by atoms with van der Waals surface area (Å²) in [5.74, 6) is -46.0. The van der Waals surface area contributed by atoms with E-state index in [-0.39, 0.29) is 23.5 Å². The molecule has 11 rings (SSSR count). The van der Waals surface area contributed by atoms with E-state index >= 15 is 70.2 Å². The summed E-state index contributed by atoms with van der Waals surface area (Å²) in [5, 5.41) is 81.8. The van der Waals surface area contributed by atoms with Gasteiger partial charge in [0.2, 0.25) is 11.6 Å². The van der Waals surface area contributed by atoms with Crippen LogP contribution in [-0.4, -0.2) is 134 Å². The van der Waals surface area contributed by atoms with Crippen LogP contribution < -0.4 is 0 Å². The zero-order valence-corrected chi connectivity index (χ0v) is 45.3. The van der Waals surface area contributed by atoms with Crippen molar-refractivity contribution in [3.63, 3.8) is 0 Å². The molecule has 90 heavy (non-hydrogen) atoms. The molecule has 7 heterocycles. The number of rotatable bonds is 10. The second-order valence-corrected chi connectivity index (χ2v) is 22.2. The van der Waals surface area contributed by atoms with Crippen LogP contribution in [0.3, 0.4) is 0 Å². The van der Waals surface area contributed by atoms with Crippen molar-refractivity contribution >= 4 is 69.9 Å². The molecule has 0 aliphatic carbocycles. The highest BCUT2D eigenvalue weighted by molar-refractivity contribution is 8.00. The molecule has 4 aromatic carbocycles. The Hall–Kier alpha value is -7.48. The van der Waals surface area contributed by atoms with Crippen molar-refractivity contribution in [2.24, 2.45) is 0 Å². The van der Waals surface area contributed by atoms with Gasteiger partial charge < -0.3 is 60.3 Å². The third-order valence-electron chi connectivity index (χ3n) is 14.8. The SMILES string of the molecule is OC[C@H]1O[C@@H](Sc2c(F)c(F)c(-c3c4nc(c(-c5c(F)c(F)c(S[C@@H]6O[C@H](CO)[C@@H](O)[C@H](O)[C@H]6O)c(F)c5F)c5ccc([nH]5)c(-c5c(F)c(F)c(F)c(F)c5F)c5nc(c(-c6c(F)c(F)c(F)c(F)c6F)c6ccc3[nH]6)C=C5)C=C4)c(F)c2F)[C@H](O)[C@@H](O)[C@@H]1O. The first-order chi connectivity index (χ1) is 42.6. The van der Waals surface area contributed by atoms with Crippen molar-refractivity contribution in [2.75, 3.05) is 13.2 Å². The number of thioether (sulfide) groups is 2. The molecule has 474 valence electrons. The van der Waals surface area contributed by atoms with Crippen LogP contribution >= 0.6 is 23.5 Å². The van der Waals surface area contributed by atoms with Crippen LogP contribution in [0.15, 0.2) is 34.1 Å². The lowest BCUT2D eigenvalue weighted by molar-refractivity contribution is -0.205. The van der Waals surface area contributed by atoms with E-state index in [4.69, 9.17) is 9.47 Å². The van der Waals surface area contributed by atoms with Gasteiger partial charge in [-0.15, -0.1) is 0 Å². The number of nitrogens with zero attached hydrogens (tertiary/aromatic N) is 2. The summed E-state index contributed by atoms with van der Waals surface area (Å²) in [6, 6.07) is 2.49. The maximum Gasteiger partial charge on any atom is 0.200 e. The lowest BCUT2D eigenvalue weighted by Gasteiger charge is -2.39. The summed E-state index contributed by atoms with van der Waals surface area (Å²) in [4.78, 5) is 9.38. The van der Waals surface area contributed by atoms with Gasteiger partial charge in [-0.1, -0.05) is 23.5 Å². The van der Waals surface area contributed by atoms with E-state index in [9.17, 15) is 49.6 Å². The molecule has 0 radical (unpaired) electrons. The minimum atomic E-state index is -2.75. The molecule has 3 aromatic heterocycles. The molecule has 0 spiro atoms. The van der Waals surface area contributed by atoms with Crippen LogP contribution in [0, 0.1) is 105 Å². The smallest absolute Gasteiger partial charge is 0.200 e. The van der Waals surface area contributed by atoms with Crippen molar-refractivity contribution < 1.29 is 129 Å². The average Bonchev–Trinajstić information content (AvgIpc) is 1.47. The Morgan fingerprint density at radius 2 is 0.533 bits per heavy atom. The van der Waals surface area contributed by atoms with Crippen molar-refractivity contribution in [3.8, 4) is 44.5 Å². The van der Waals surface area contributed by atoms with Crippen LogP contribution in [0.4, 0.5) is 79.0 Å².